The maximum Gasteiger partial charge on any atom is 0.337 e. The van der Waals surface area contributed by atoms with Gasteiger partial charge in [0.2, 0.25) is 0 Å². The van der Waals surface area contributed by atoms with Gasteiger partial charge in [0.05, 0.1) is 67.9 Å². The molecule has 4 aliphatic heterocycles. The Kier molecular flexibility index (Phi) is 14.2. The second-order valence-corrected chi connectivity index (χ2v) is 17.2. The van der Waals surface area contributed by atoms with Crippen LogP contribution in [0, 0.1) is 0 Å². The molecule has 0 unspecified atom stereocenters. The molecule has 4 aromatic carbocycles. The van der Waals surface area contributed by atoms with Crippen LogP contribution in [0.1, 0.15) is 103 Å². The molecule has 2 aromatic heterocycles. The normalized spacial score (nSPS) is 15.4. The average molecular weight is 939 g/mol. The van der Waals surface area contributed by atoms with Gasteiger partial charge in [-0.2, -0.15) is 0 Å². The largest absolute Gasteiger partial charge is 0.496 e. The lowest BCUT2D eigenvalue weighted by molar-refractivity contribution is -0.00946. The van der Waals surface area contributed by atoms with E-state index in [1.807, 2.05) is 60.5 Å². The van der Waals surface area contributed by atoms with Crippen molar-refractivity contribution in [2.24, 2.45) is 0 Å². The van der Waals surface area contributed by atoms with Crippen LogP contribution in [0.25, 0.3) is 11.4 Å². The van der Waals surface area contributed by atoms with E-state index in [0.717, 1.165) is 78.5 Å². The zero-order valence-electron chi connectivity index (χ0n) is 39.8. The van der Waals surface area contributed by atoms with Crippen LogP contribution in [0.4, 0.5) is 0 Å². The number of benzene rings is 4. The molecule has 10 rings (SSSR count). The summed E-state index contributed by atoms with van der Waals surface area (Å²) in [6.07, 6.45) is 8.87. The molecule has 6 aromatic rings. The number of carboxylic acids is 1. The van der Waals surface area contributed by atoms with Gasteiger partial charge < -0.3 is 52.9 Å². The lowest BCUT2D eigenvalue weighted by Gasteiger charge is -2.45. The third kappa shape index (κ3) is 9.38. The summed E-state index contributed by atoms with van der Waals surface area (Å²) in [4.78, 5) is 49.6. The summed E-state index contributed by atoms with van der Waals surface area (Å²) < 4.78 is 37.5. The Morgan fingerprint density at radius 1 is 0.594 bits per heavy atom. The molecule has 0 bridgehead atoms. The highest BCUT2D eigenvalue weighted by Crippen LogP contribution is 2.47. The summed E-state index contributed by atoms with van der Waals surface area (Å²) in [5.74, 6) is 1.10. The quantitative estimate of drug-likeness (QED) is 0.140. The number of likely N-dealkylation sites (tertiary alicyclic amines) is 1. The Balaban J connectivity index is 0.000000156. The fourth-order valence-corrected chi connectivity index (χ4v) is 9.67. The number of fused-ring (bicyclic) bond motifs is 8. The van der Waals surface area contributed by atoms with Gasteiger partial charge in [0.15, 0.2) is 11.2 Å². The highest BCUT2D eigenvalue weighted by Gasteiger charge is 2.45. The van der Waals surface area contributed by atoms with Crippen molar-refractivity contribution < 1.29 is 52.7 Å². The molecule has 0 saturated carbocycles. The molecule has 69 heavy (non-hydrogen) atoms. The predicted molar refractivity (Wildman–Crippen MR) is 258 cm³/mol. The number of esters is 2. The molecule has 4 aliphatic rings. The van der Waals surface area contributed by atoms with Gasteiger partial charge in [0, 0.05) is 56.7 Å². The Hall–Kier alpha value is -7.52. The molecule has 6 heterocycles. The highest BCUT2D eigenvalue weighted by molar-refractivity contribution is 5.95. The maximum atomic E-state index is 13.3. The lowest BCUT2D eigenvalue weighted by atomic mass is 9.86. The van der Waals surface area contributed by atoms with Gasteiger partial charge in [-0.25, -0.2) is 14.4 Å². The Labute approximate surface area is 401 Å². The number of aromatic carboxylic acids is 1. The zero-order valence-corrected chi connectivity index (χ0v) is 39.8. The van der Waals surface area contributed by atoms with Gasteiger partial charge in [0.25, 0.3) is 5.91 Å². The van der Waals surface area contributed by atoms with Gasteiger partial charge in [-0.15, -0.1) is 0 Å². The number of carbonyl (C=O) groups excluding carboxylic acids is 3. The summed E-state index contributed by atoms with van der Waals surface area (Å²) in [5, 5.41) is 12.1. The van der Waals surface area contributed by atoms with Crippen LogP contribution in [0.3, 0.4) is 0 Å². The van der Waals surface area contributed by atoms with E-state index in [0.29, 0.717) is 54.1 Å². The van der Waals surface area contributed by atoms with Crippen LogP contribution in [0.5, 0.6) is 23.0 Å². The number of carboxylic acid groups (broad SMARTS) is 1. The van der Waals surface area contributed by atoms with Crippen molar-refractivity contribution in [3.63, 3.8) is 0 Å². The number of piperidine rings is 2. The van der Waals surface area contributed by atoms with Crippen molar-refractivity contribution >= 4 is 23.8 Å². The monoisotopic (exact) mass is 938 g/mol. The molecule has 2 saturated heterocycles. The number of hydrogen-bond donors (Lipinski definition) is 2. The fraction of sp³-hybridized carbons (Fsp3) is 0.333. The molecule has 2 spiro atoms. The van der Waals surface area contributed by atoms with Crippen LogP contribution in [-0.4, -0.2) is 97.6 Å². The first-order valence-electron chi connectivity index (χ1n) is 23.2. The average Bonchev–Trinajstić information content (AvgIpc) is 4.11. The van der Waals surface area contributed by atoms with Crippen molar-refractivity contribution in [2.75, 3.05) is 54.6 Å². The van der Waals surface area contributed by atoms with Crippen LogP contribution < -0.4 is 24.3 Å². The standard InChI is InChI=1S/C27H28N2O5.C17H18N2O3.C10H12O3/c1-4-18-7-8-19(16-22(18)32-2)25(30)28-14-11-27(12-15-28)24-6-5-13-29(24)21-10-9-20(26(31)33-3)17-23(21)34-27;1-21-16(20)12-4-5-13-14(11-12)22-17(6-8-18-9-7-17)15-3-2-10-19(13)15;1-3-7-4-5-8(10(11)12)6-9(7)13-2/h5-10,13,16-17H,4,11-12,14-15H2,1-3H3;2-5,10-11,18H,6-9H2,1H3;4-6H,3H2,1-2H3,(H,11,12). The molecule has 360 valence electrons. The Morgan fingerprint density at radius 3 is 1.49 bits per heavy atom. The molecule has 2 fully saturated rings. The van der Waals surface area contributed by atoms with Gasteiger partial charge in [-0.05, 0) is 122 Å². The zero-order chi connectivity index (χ0) is 48.9. The van der Waals surface area contributed by atoms with E-state index in [4.69, 9.17) is 33.5 Å². The summed E-state index contributed by atoms with van der Waals surface area (Å²) in [5.41, 5.74) is 7.19. The van der Waals surface area contributed by atoms with Crippen molar-refractivity contribution in [1.29, 1.82) is 0 Å². The molecule has 0 radical (unpaired) electrons. The minimum absolute atomic E-state index is 0.00428. The fourth-order valence-electron chi connectivity index (χ4n) is 9.67. The van der Waals surface area contributed by atoms with E-state index in [9.17, 15) is 19.2 Å². The van der Waals surface area contributed by atoms with Crippen LogP contribution in [0.15, 0.2) is 109 Å². The number of aromatic nitrogens is 2. The SMILES string of the molecule is CCc1ccc(C(=O)N2CCC3(CC2)Oc2cc(C(=O)OC)ccc2-n2cccc23)cc1OC.CCc1ccc(C(=O)O)cc1OC.COC(=O)c1ccc2c(c1)OC1(CCNCC1)c1cccn1-2. The van der Waals surface area contributed by atoms with Crippen molar-refractivity contribution in [1.82, 2.24) is 19.4 Å². The van der Waals surface area contributed by atoms with Gasteiger partial charge in [-0.3, -0.25) is 4.79 Å². The second-order valence-electron chi connectivity index (χ2n) is 17.2. The molecule has 2 N–H and O–H groups in total. The minimum atomic E-state index is -0.930. The van der Waals surface area contributed by atoms with Crippen LogP contribution in [0.2, 0.25) is 0 Å². The van der Waals surface area contributed by atoms with E-state index >= 15 is 0 Å². The first kappa shape index (κ1) is 48.0. The van der Waals surface area contributed by atoms with Gasteiger partial charge >= 0.3 is 17.9 Å². The molecule has 0 aliphatic carbocycles. The van der Waals surface area contributed by atoms with E-state index in [2.05, 4.69) is 39.7 Å². The van der Waals surface area contributed by atoms with Gasteiger partial charge in [-0.1, -0.05) is 26.0 Å². The Morgan fingerprint density at radius 2 is 1.04 bits per heavy atom. The number of amides is 1. The third-order valence-electron chi connectivity index (χ3n) is 13.4. The topological polar surface area (TPSA) is 169 Å². The molecular formula is C54H58N4O11. The van der Waals surface area contributed by atoms with Crippen molar-refractivity contribution in [2.45, 2.75) is 63.6 Å². The second kappa shape index (κ2) is 20.4. The summed E-state index contributed by atoms with van der Waals surface area (Å²) in [7, 11) is 5.93. The van der Waals surface area contributed by atoms with Crippen molar-refractivity contribution in [3.8, 4) is 34.4 Å². The third-order valence-corrected chi connectivity index (χ3v) is 13.4. The van der Waals surface area contributed by atoms with Crippen molar-refractivity contribution in [3.05, 3.63) is 154 Å². The van der Waals surface area contributed by atoms with E-state index in [-0.39, 0.29) is 23.0 Å². The first-order chi connectivity index (χ1) is 33.4. The summed E-state index contributed by atoms with van der Waals surface area (Å²) >= 11 is 0. The van der Waals surface area contributed by atoms with Gasteiger partial charge in [0.1, 0.15) is 23.0 Å². The maximum absolute atomic E-state index is 13.3. The molecule has 15 nitrogen and oxygen atoms in total. The lowest BCUT2D eigenvalue weighted by Crippen LogP contribution is -2.50. The molecule has 0 atom stereocenters. The van der Waals surface area contributed by atoms with Crippen LogP contribution >= 0.6 is 0 Å². The Bertz CT molecular complexity index is 2870. The number of rotatable bonds is 8. The smallest absolute Gasteiger partial charge is 0.337 e. The molecular weight excluding hydrogens is 881 g/mol. The highest BCUT2D eigenvalue weighted by atomic mass is 16.5. The number of nitrogens with zero attached hydrogens (tertiary/aromatic N) is 3. The van der Waals surface area contributed by atoms with E-state index < -0.39 is 17.5 Å². The molecule has 15 heteroatoms. The predicted octanol–water partition coefficient (Wildman–Crippen LogP) is 8.55. The number of aryl methyl sites for hydroxylation is 2. The summed E-state index contributed by atoms with van der Waals surface area (Å²) in [6, 6.07) is 29.7. The number of ether oxygens (including phenoxy) is 6. The number of hydrogen-bond acceptors (Lipinski definition) is 11. The summed E-state index contributed by atoms with van der Waals surface area (Å²) in [6.45, 7) is 7.05. The number of carbonyl (C=O) groups is 4. The minimum Gasteiger partial charge on any atom is -0.496 e. The van der Waals surface area contributed by atoms with E-state index in [1.165, 1.54) is 19.9 Å². The first-order valence-corrected chi connectivity index (χ1v) is 23.2. The molecule has 1 amide bonds. The number of nitrogens with one attached hydrogen (secondary N) is 1. The van der Waals surface area contributed by atoms with E-state index in [1.54, 1.807) is 56.7 Å². The number of methoxy groups -OCH3 is 4. The van der Waals surface area contributed by atoms with Crippen LogP contribution in [-0.2, 0) is 33.5 Å².